The summed E-state index contributed by atoms with van der Waals surface area (Å²) in [5, 5.41) is 0.862. The minimum Gasteiger partial charge on any atom is -0.494 e. The molecule has 35 heavy (non-hydrogen) atoms. The monoisotopic (exact) mass is 472 g/mol. The first-order valence-electron chi connectivity index (χ1n) is 13.0. The number of benzene rings is 1. The van der Waals surface area contributed by atoms with Crippen molar-refractivity contribution in [1.29, 1.82) is 0 Å². The molecule has 2 aromatic rings. The normalized spacial score (nSPS) is 24.9. The molecule has 1 aromatic carbocycles. The maximum Gasteiger partial charge on any atom is 0.167 e. The molecule has 1 aromatic heterocycles. The van der Waals surface area contributed by atoms with Gasteiger partial charge in [-0.15, -0.1) is 0 Å². The Morgan fingerprint density at radius 2 is 2.03 bits per heavy atom. The zero-order valence-corrected chi connectivity index (χ0v) is 21.3. The summed E-state index contributed by atoms with van der Waals surface area (Å²) in [6.45, 7) is 4.42. The van der Waals surface area contributed by atoms with Gasteiger partial charge in [0.05, 0.1) is 12.6 Å². The summed E-state index contributed by atoms with van der Waals surface area (Å²) in [6, 6.07) is 5.11. The van der Waals surface area contributed by atoms with Gasteiger partial charge in [0.15, 0.2) is 11.6 Å². The van der Waals surface area contributed by atoms with E-state index in [-0.39, 0.29) is 5.75 Å². The van der Waals surface area contributed by atoms with E-state index >= 15 is 0 Å². The molecular weight excluding hydrogens is 435 g/mol. The average Bonchev–Trinajstić information content (AvgIpc) is 2.98. The molecule has 1 unspecified atom stereocenters. The van der Waals surface area contributed by atoms with Crippen LogP contribution < -0.4 is 4.74 Å². The highest BCUT2D eigenvalue weighted by Crippen LogP contribution is 2.30. The van der Waals surface area contributed by atoms with Crippen LogP contribution >= 0.6 is 0 Å². The van der Waals surface area contributed by atoms with Crippen LogP contribution in [0.1, 0.15) is 77.2 Å². The number of fused-ring (bicyclic) bond motifs is 1. The molecule has 0 bridgehead atoms. The van der Waals surface area contributed by atoms with Gasteiger partial charge in [-0.1, -0.05) is 37.1 Å². The fourth-order valence-electron chi connectivity index (χ4n) is 4.95. The number of nitrogens with zero attached hydrogens (tertiary/aromatic N) is 2. The number of halogens is 1. The van der Waals surface area contributed by atoms with E-state index in [1.165, 1.54) is 57.3 Å². The topological polar surface area (TPSA) is 34.5 Å². The number of aromatic nitrogens is 1. The third-order valence-corrected chi connectivity index (χ3v) is 7.09. The van der Waals surface area contributed by atoms with Crippen molar-refractivity contribution in [3.8, 4) is 5.75 Å². The summed E-state index contributed by atoms with van der Waals surface area (Å²) in [7, 11) is 1.48. The number of ether oxygens (including phenoxy) is 1. The van der Waals surface area contributed by atoms with E-state index in [2.05, 4.69) is 36.2 Å². The molecule has 2 aliphatic rings. The quantitative estimate of drug-likeness (QED) is 0.417. The summed E-state index contributed by atoms with van der Waals surface area (Å²) in [5.74, 6) is 0.652. The fourth-order valence-corrected chi connectivity index (χ4v) is 4.95. The van der Waals surface area contributed by atoms with Gasteiger partial charge in [-0.05, 0) is 99.1 Å². The highest BCUT2D eigenvalue weighted by molar-refractivity contribution is 5.98. The van der Waals surface area contributed by atoms with Crippen molar-refractivity contribution in [2.24, 2.45) is 10.9 Å². The minimum atomic E-state index is -0.403. The van der Waals surface area contributed by atoms with Gasteiger partial charge in [-0.2, -0.15) is 0 Å². The highest BCUT2D eigenvalue weighted by atomic mass is 19.1. The van der Waals surface area contributed by atoms with Crippen molar-refractivity contribution in [1.82, 2.24) is 4.98 Å². The number of rotatable bonds is 4. The first-order valence-corrected chi connectivity index (χ1v) is 13.0. The van der Waals surface area contributed by atoms with Crippen LogP contribution in [0, 0.1) is 11.7 Å². The standard InChI is InChI=1S/C31H37FN2O/c1-22-9-8-11-24(14-13-22)17-25-10-6-4-5-7-12-26(18-25)34-21-23(2)27-15-16-33-30-20-29(32)31(35-3)19-28(27)30/h6,10,15-22H,4-5,7-9,11-14H2,1-3H3/b10-6-,23-21+,24-17?,25-18+,34-26+. The van der Waals surface area contributed by atoms with E-state index in [0.29, 0.717) is 5.52 Å². The molecule has 2 aliphatic carbocycles. The molecule has 0 amide bonds. The Hall–Kier alpha value is -3.01. The predicted molar refractivity (Wildman–Crippen MR) is 145 cm³/mol. The molecule has 3 nitrogen and oxygen atoms in total. The third kappa shape index (κ3) is 6.78. The van der Waals surface area contributed by atoms with E-state index in [9.17, 15) is 4.39 Å². The number of hydrogen-bond acceptors (Lipinski definition) is 3. The molecule has 1 saturated carbocycles. The van der Waals surface area contributed by atoms with Crippen LogP contribution in [-0.4, -0.2) is 17.8 Å². The molecular formula is C31H37FN2O. The van der Waals surface area contributed by atoms with Crippen molar-refractivity contribution >= 4 is 22.2 Å². The molecule has 1 atom stereocenters. The smallest absolute Gasteiger partial charge is 0.167 e. The first-order chi connectivity index (χ1) is 17.0. The van der Waals surface area contributed by atoms with E-state index in [1.54, 1.807) is 17.8 Å². The lowest BCUT2D eigenvalue weighted by Crippen LogP contribution is -1.96. The second-order valence-electron chi connectivity index (χ2n) is 9.93. The van der Waals surface area contributed by atoms with Gasteiger partial charge < -0.3 is 4.74 Å². The average molecular weight is 473 g/mol. The van der Waals surface area contributed by atoms with Gasteiger partial charge in [-0.25, -0.2) is 4.39 Å². The van der Waals surface area contributed by atoms with Gasteiger partial charge >= 0.3 is 0 Å². The van der Waals surface area contributed by atoms with Crippen LogP contribution in [-0.2, 0) is 0 Å². The SMILES string of the molecule is COc1cc2c(/C(C)=C/N=C3/C=C(C=C4CCCC(C)CC4)\C=C/CCCC3)ccnc2cc1F. The molecule has 0 radical (unpaired) electrons. The second-order valence-corrected chi connectivity index (χ2v) is 9.93. The Bertz CT molecular complexity index is 1200. The maximum absolute atomic E-state index is 14.2. The van der Waals surface area contributed by atoms with Crippen LogP contribution in [0.25, 0.3) is 16.5 Å². The summed E-state index contributed by atoms with van der Waals surface area (Å²) in [6.07, 6.45) is 23.6. The summed E-state index contributed by atoms with van der Waals surface area (Å²) in [5.41, 5.74) is 6.54. The molecule has 4 heteroatoms. The Morgan fingerprint density at radius 1 is 1.14 bits per heavy atom. The highest BCUT2D eigenvalue weighted by Gasteiger charge is 2.12. The summed E-state index contributed by atoms with van der Waals surface area (Å²) < 4.78 is 19.4. The zero-order chi connectivity index (χ0) is 24.6. The molecule has 184 valence electrons. The Kier molecular flexibility index (Phi) is 8.68. The van der Waals surface area contributed by atoms with Crippen LogP contribution in [0.5, 0.6) is 5.75 Å². The zero-order valence-electron chi connectivity index (χ0n) is 21.3. The van der Waals surface area contributed by atoms with Crippen LogP contribution in [0.2, 0.25) is 0 Å². The van der Waals surface area contributed by atoms with Gasteiger partial charge in [0.25, 0.3) is 0 Å². The van der Waals surface area contributed by atoms with E-state index in [1.807, 2.05) is 19.2 Å². The van der Waals surface area contributed by atoms with E-state index in [4.69, 9.17) is 9.73 Å². The van der Waals surface area contributed by atoms with Gasteiger partial charge in [0.1, 0.15) is 0 Å². The third-order valence-electron chi connectivity index (χ3n) is 7.09. The Balaban J connectivity index is 1.66. The van der Waals surface area contributed by atoms with Crippen molar-refractivity contribution in [3.05, 3.63) is 77.4 Å². The van der Waals surface area contributed by atoms with E-state index < -0.39 is 5.82 Å². The number of hydrogen-bond donors (Lipinski definition) is 0. The fraction of sp³-hybridized carbons (Fsp3) is 0.419. The predicted octanol–water partition coefficient (Wildman–Crippen LogP) is 8.77. The number of allylic oxidation sites excluding steroid dienone is 7. The molecule has 0 saturated heterocycles. The number of pyridine rings is 1. The minimum absolute atomic E-state index is 0.224. The van der Waals surface area contributed by atoms with Crippen LogP contribution in [0.3, 0.4) is 0 Å². The second kappa shape index (κ2) is 12.1. The van der Waals surface area contributed by atoms with E-state index in [0.717, 1.165) is 47.4 Å². The molecule has 1 fully saturated rings. The van der Waals surface area contributed by atoms with Gasteiger partial charge in [0.2, 0.25) is 0 Å². The van der Waals surface area contributed by atoms with Gasteiger partial charge in [0, 0.05) is 29.6 Å². The molecule has 4 rings (SSSR count). The van der Waals surface area contributed by atoms with Crippen LogP contribution in [0.15, 0.2) is 71.0 Å². The molecule has 0 aliphatic heterocycles. The van der Waals surface area contributed by atoms with Crippen molar-refractivity contribution < 1.29 is 9.13 Å². The lowest BCUT2D eigenvalue weighted by molar-refractivity contribution is 0.387. The Morgan fingerprint density at radius 3 is 2.89 bits per heavy atom. The Labute approximate surface area is 209 Å². The molecule has 1 heterocycles. The maximum atomic E-state index is 14.2. The first kappa shape index (κ1) is 25.1. The van der Waals surface area contributed by atoms with Crippen molar-refractivity contribution in [2.45, 2.75) is 71.6 Å². The van der Waals surface area contributed by atoms with Crippen molar-refractivity contribution in [2.75, 3.05) is 7.11 Å². The number of methoxy groups -OCH3 is 1. The van der Waals surface area contributed by atoms with Gasteiger partial charge in [-0.3, -0.25) is 9.98 Å². The molecule has 0 N–H and O–H groups in total. The summed E-state index contributed by atoms with van der Waals surface area (Å²) >= 11 is 0. The molecule has 0 spiro atoms. The largest absolute Gasteiger partial charge is 0.494 e. The lowest BCUT2D eigenvalue weighted by atomic mass is 10.0. The van der Waals surface area contributed by atoms with Crippen LogP contribution in [0.4, 0.5) is 4.39 Å². The summed E-state index contributed by atoms with van der Waals surface area (Å²) in [4.78, 5) is 9.27. The van der Waals surface area contributed by atoms with Crippen molar-refractivity contribution in [3.63, 3.8) is 0 Å². The lowest BCUT2D eigenvalue weighted by Gasteiger charge is -2.09. The number of aliphatic imine (C=N–C) groups is 1.